The van der Waals surface area contributed by atoms with Gasteiger partial charge >= 0.3 is 6.18 Å². The van der Waals surface area contributed by atoms with Gasteiger partial charge in [0.1, 0.15) is 0 Å². The molecule has 9 nitrogen and oxygen atoms in total. The number of hydrogen-bond acceptors (Lipinski definition) is 6. The second-order valence-electron chi connectivity index (χ2n) is 9.96. The number of piperazine rings is 1. The third-order valence-electron chi connectivity index (χ3n) is 7.30. The van der Waals surface area contributed by atoms with Gasteiger partial charge in [-0.1, -0.05) is 0 Å². The summed E-state index contributed by atoms with van der Waals surface area (Å²) >= 11 is 0. The molecule has 12 heteroatoms. The lowest BCUT2D eigenvalue weighted by Gasteiger charge is -2.35. The van der Waals surface area contributed by atoms with E-state index in [1.165, 1.54) is 12.1 Å². The van der Waals surface area contributed by atoms with Gasteiger partial charge in [0.05, 0.1) is 11.1 Å². The van der Waals surface area contributed by atoms with E-state index in [0.717, 1.165) is 17.4 Å². The van der Waals surface area contributed by atoms with Crippen molar-refractivity contribution in [3.05, 3.63) is 77.5 Å². The molecule has 0 spiro atoms. The molecule has 3 aromatic carbocycles. The molecular formula is C29H30F3N7O2. The first kappa shape index (κ1) is 28.0. The van der Waals surface area contributed by atoms with Crippen LogP contribution in [-0.2, 0) is 6.18 Å². The van der Waals surface area contributed by atoms with E-state index in [1.54, 1.807) is 36.2 Å². The standard InChI is InChI=1S/C29H30F3N7O2/c1-33-28(41)26-22-10-9-21(17-24(22)35-36-26)38(3)20-7-5-19(6-8-20)34-27(40)18-4-11-25(23(16-18)29(30,31)32)39-14-12-37(2)13-15-39/h4-11,16-17H,12-15H2,1-3H3,(H,33,41)(H,34,40)(H,35,36). The van der Waals surface area contributed by atoms with Gasteiger partial charge in [0.25, 0.3) is 11.8 Å². The number of aromatic nitrogens is 2. The van der Waals surface area contributed by atoms with Crippen molar-refractivity contribution in [2.45, 2.75) is 6.18 Å². The lowest BCUT2D eigenvalue weighted by molar-refractivity contribution is -0.137. The van der Waals surface area contributed by atoms with Crippen LogP contribution < -0.4 is 20.4 Å². The molecule has 214 valence electrons. The summed E-state index contributed by atoms with van der Waals surface area (Å²) in [6, 6.07) is 16.2. The van der Waals surface area contributed by atoms with Gasteiger partial charge in [-0.05, 0) is 67.7 Å². The minimum absolute atomic E-state index is 0.0691. The Labute approximate surface area is 234 Å². The maximum absolute atomic E-state index is 14.0. The third kappa shape index (κ3) is 5.82. The molecule has 1 aliphatic heterocycles. The number of amides is 2. The van der Waals surface area contributed by atoms with Crippen LogP contribution in [0.3, 0.4) is 0 Å². The molecule has 5 rings (SSSR count). The minimum atomic E-state index is -4.59. The summed E-state index contributed by atoms with van der Waals surface area (Å²) in [4.78, 5) is 30.6. The molecule has 1 fully saturated rings. The molecule has 1 aromatic heterocycles. The van der Waals surface area contributed by atoms with Gasteiger partial charge in [-0.2, -0.15) is 18.3 Å². The predicted molar refractivity (Wildman–Crippen MR) is 153 cm³/mol. The normalized spacial score (nSPS) is 14.2. The van der Waals surface area contributed by atoms with Crippen molar-refractivity contribution >= 4 is 45.5 Å². The summed E-state index contributed by atoms with van der Waals surface area (Å²) in [7, 11) is 5.35. The van der Waals surface area contributed by atoms with E-state index in [9.17, 15) is 22.8 Å². The van der Waals surface area contributed by atoms with Gasteiger partial charge in [0.15, 0.2) is 5.69 Å². The molecule has 0 unspecified atom stereocenters. The predicted octanol–water partition coefficient (Wildman–Crippen LogP) is 4.71. The number of hydrogen-bond donors (Lipinski definition) is 3. The number of nitrogens with one attached hydrogen (secondary N) is 3. The van der Waals surface area contributed by atoms with Gasteiger partial charge in [-0.15, -0.1) is 0 Å². The molecular weight excluding hydrogens is 535 g/mol. The molecule has 1 aliphatic rings. The first-order chi connectivity index (χ1) is 19.5. The van der Waals surface area contributed by atoms with Crippen molar-refractivity contribution in [3.8, 4) is 0 Å². The molecule has 0 atom stereocenters. The van der Waals surface area contributed by atoms with Crippen LogP contribution in [0, 0.1) is 0 Å². The first-order valence-electron chi connectivity index (χ1n) is 13.1. The zero-order valence-electron chi connectivity index (χ0n) is 22.8. The topological polar surface area (TPSA) is 96.6 Å². The summed E-state index contributed by atoms with van der Waals surface area (Å²) in [5.41, 5.74) is 2.31. The molecule has 0 radical (unpaired) electrons. The zero-order chi connectivity index (χ0) is 29.3. The average Bonchev–Trinajstić information content (AvgIpc) is 3.40. The Bertz CT molecular complexity index is 1580. The Kier molecular flexibility index (Phi) is 7.59. The molecule has 4 aromatic rings. The van der Waals surface area contributed by atoms with E-state index < -0.39 is 17.6 Å². The lowest BCUT2D eigenvalue weighted by atomic mass is 10.1. The summed E-state index contributed by atoms with van der Waals surface area (Å²) in [6.45, 7) is 2.31. The molecule has 2 amide bonds. The van der Waals surface area contributed by atoms with E-state index in [1.807, 2.05) is 37.2 Å². The monoisotopic (exact) mass is 565 g/mol. The van der Waals surface area contributed by atoms with Crippen LogP contribution in [0.1, 0.15) is 26.4 Å². The smallest absolute Gasteiger partial charge is 0.368 e. The second-order valence-corrected chi connectivity index (χ2v) is 9.96. The van der Waals surface area contributed by atoms with Crippen molar-refractivity contribution in [1.29, 1.82) is 0 Å². The number of benzene rings is 3. The van der Waals surface area contributed by atoms with Crippen molar-refractivity contribution in [2.75, 3.05) is 62.4 Å². The minimum Gasteiger partial charge on any atom is -0.368 e. The highest BCUT2D eigenvalue weighted by Crippen LogP contribution is 2.38. The highest BCUT2D eigenvalue weighted by molar-refractivity contribution is 6.06. The number of halogens is 3. The Balaban J connectivity index is 1.30. The highest BCUT2D eigenvalue weighted by Gasteiger charge is 2.36. The highest BCUT2D eigenvalue weighted by atomic mass is 19.4. The first-order valence-corrected chi connectivity index (χ1v) is 13.1. The van der Waals surface area contributed by atoms with Crippen molar-refractivity contribution < 1.29 is 22.8 Å². The third-order valence-corrected chi connectivity index (χ3v) is 7.30. The van der Waals surface area contributed by atoms with Gasteiger partial charge < -0.3 is 25.3 Å². The maximum atomic E-state index is 14.0. The molecule has 2 heterocycles. The number of H-pyrrole nitrogens is 1. The van der Waals surface area contributed by atoms with E-state index in [4.69, 9.17) is 0 Å². The molecule has 0 bridgehead atoms. The average molecular weight is 566 g/mol. The van der Waals surface area contributed by atoms with Crippen LogP contribution in [0.25, 0.3) is 10.9 Å². The molecule has 3 N–H and O–H groups in total. The largest absolute Gasteiger partial charge is 0.418 e. The number of carbonyl (C=O) groups excluding carboxylic acids is 2. The summed E-state index contributed by atoms with van der Waals surface area (Å²) < 4.78 is 41.9. The Hall–Kier alpha value is -4.58. The SMILES string of the molecule is CNC(=O)c1n[nH]c2cc(N(C)c3ccc(NC(=O)c4ccc(N5CCN(C)CC5)c(C(F)(F)F)c4)cc3)ccc12. The van der Waals surface area contributed by atoms with Crippen molar-refractivity contribution in [2.24, 2.45) is 0 Å². The van der Waals surface area contributed by atoms with Crippen LogP contribution >= 0.6 is 0 Å². The van der Waals surface area contributed by atoms with Crippen LogP contribution in [0.4, 0.5) is 35.9 Å². The molecule has 0 saturated carbocycles. The van der Waals surface area contributed by atoms with Crippen molar-refractivity contribution in [3.63, 3.8) is 0 Å². The Morgan fingerprint density at radius 1 is 0.927 bits per heavy atom. The fourth-order valence-electron chi connectivity index (χ4n) is 4.86. The number of nitrogens with zero attached hydrogens (tertiary/aromatic N) is 4. The second kappa shape index (κ2) is 11.1. The fourth-order valence-corrected chi connectivity index (χ4v) is 4.86. The quantitative estimate of drug-likeness (QED) is 0.313. The molecule has 41 heavy (non-hydrogen) atoms. The number of aromatic amines is 1. The van der Waals surface area contributed by atoms with Crippen LogP contribution in [0.5, 0.6) is 0 Å². The van der Waals surface area contributed by atoms with Gasteiger partial charge in [-0.3, -0.25) is 14.7 Å². The number of rotatable bonds is 6. The Morgan fingerprint density at radius 2 is 1.61 bits per heavy atom. The van der Waals surface area contributed by atoms with E-state index in [2.05, 4.69) is 25.7 Å². The molecule has 0 aliphatic carbocycles. The van der Waals surface area contributed by atoms with Crippen molar-refractivity contribution in [1.82, 2.24) is 20.4 Å². The van der Waals surface area contributed by atoms with Gasteiger partial charge in [0.2, 0.25) is 0 Å². The van der Waals surface area contributed by atoms with Crippen LogP contribution in [0.15, 0.2) is 60.7 Å². The van der Waals surface area contributed by atoms with E-state index in [-0.39, 0.29) is 17.2 Å². The zero-order valence-corrected chi connectivity index (χ0v) is 22.8. The van der Waals surface area contributed by atoms with Crippen LogP contribution in [-0.4, -0.2) is 74.2 Å². The van der Waals surface area contributed by atoms with E-state index >= 15 is 0 Å². The fraction of sp³-hybridized carbons (Fsp3) is 0.276. The van der Waals surface area contributed by atoms with Gasteiger partial charge in [-0.25, -0.2) is 0 Å². The summed E-state index contributed by atoms with van der Waals surface area (Å²) in [5, 5.41) is 12.9. The maximum Gasteiger partial charge on any atom is 0.418 e. The summed E-state index contributed by atoms with van der Waals surface area (Å²) in [5.74, 6) is -0.909. The number of fused-ring (bicyclic) bond motifs is 1. The Morgan fingerprint density at radius 3 is 2.27 bits per heavy atom. The number of anilines is 4. The number of carbonyl (C=O) groups is 2. The molecule has 1 saturated heterocycles. The van der Waals surface area contributed by atoms with Crippen LogP contribution in [0.2, 0.25) is 0 Å². The number of likely N-dealkylation sites (N-methyl/N-ethyl adjacent to an activating group) is 1. The summed E-state index contributed by atoms with van der Waals surface area (Å²) in [6.07, 6.45) is -4.59. The van der Waals surface area contributed by atoms with Gasteiger partial charge in [0, 0.05) is 74.0 Å². The lowest BCUT2D eigenvalue weighted by Crippen LogP contribution is -2.45. The van der Waals surface area contributed by atoms with E-state index in [0.29, 0.717) is 48.5 Å². The number of alkyl halides is 3.